The summed E-state index contributed by atoms with van der Waals surface area (Å²) < 4.78 is 5.81. The minimum Gasteiger partial charge on any atom is -0.455 e. The number of ether oxygens (including phenoxy) is 1. The van der Waals surface area contributed by atoms with E-state index in [1.165, 1.54) is 18.3 Å². The predicted molar refractivity (Wildman–Crippen MR) is 192 cm³/mol. The summed E-state index contributed by atoms with van der Waals surface area (Å²) in [7, 11) is 1.96. The van der Waals surface area contributed by atoms with Gasteiger partial charge in [0.2, 0.25) is 11.8 Å². The second-order valence-corrected chi connectivity index (χ2v) is 14.5. The molecule has 6 atom stereocenters. The van der Waals surface area contributed by atoms with Gasteiger partial charge in [0.15, 0.2) is 6.10 Å². The van der Waals surface area contributed by atoms with E-state index in [2.05, 4.69) is 20.5 Å². The number of carbonyl (C=O) groups excluding carboxylic acids is 4. The Balaban J connectivity index is 1.84. The van der Waals surface area contributed by atoms with Gasteiger partial charge in [-0.15, -0.1) is 11.3 Å². The van der Waals surface area contributed by atoms with Gasteiger partial charge in [-0.2, -0.15) is 0 Å². The molecule has 0 spiro atoms. The number of likely N-dealkylation sites (N-methyl/N-ethyl adjacent to an activating group) is 1. The second kappa shape index (κ2) is 19.7. The first kappa shape index (κ1) is 40.1. The van der Waals surface area contributed by atoms with Crippen LogP contribution in [0.4, 0.5) is 0 Å². The maximum atomic E-state index is 14.5. The van der Waals surface area contributed by atoms with Crippen LogP contribution in [0.2, 0.25) is 0 Å². The number of rotatable bonds is 18. The van der Waals surface area contributed by atoms with Crippen LogP contribution in [-0.4, -0.2) is 94.5 Å². The molecule has 272 valence electrons. The van der Waals surface area contributed by atoms with Crippen molar-refractivity contribution in [2.75, 3.05) is 26.7 Å². The Kier molecular flexibility index (Phi) is 16.1. The van der Waals surface area contributed by atoms with Crippen molar-refractivity contribution < 1.29 is 29.0 Å². The summed E-state index contributed by atoms with van der Waals surface area (Å²) in [5.74, 6) is -1.29. The minimum atomic E-state index is -0.797. The fourth-order valence-electron chi connectivity index (χ4n) is 6.44. The zero-order valence-electron chi connectivity index (χ0n) is 30.3. The molecule has 2 aromatic rings. The summed E-state index contributed by atoms with van der Waals surface area (Å²) >= 11 is 1.22. The lowest BCUT2D eigenvalue weighted by molar-refractivity contribution is -0.149. The SMILES string of the molecule is CCCN(C(=O)[C@@H](NC(=O)[C@H]1CCCCN1C)[C@@H](C)CC)[C@H](C[C@@H](OC(C)=O)c1nc(C(=O)N[C@H](CO)Cc2ccccc2)cs1)C(C)C. The largest absolute Gasteiger partial charge is 0.455 e. The Morgan fingerprint density at radius 3 is 2.41 bits per heavy atom. The Hall–Kier alpha value is -3.35. The highest BCUT2D eigenvalue weighted by Gasteiger charge is 2.38. The normalized spacial score (nSPS) is 18.2. The first-order valence-electron chi connectivity index (χ1n) is 17.8. The predicted octanol–water partition coefficient (Wildman–Crippen LogP) is 4.75. The van der Waals surface area contributed by atoms with Crippen molar-refractivity contribution in [1.82, 2.24) is 25.4 Å². The summed E-state index contributed by atoms with van der Waals surface area (Å²) in [6.45, 7) is 12.5. The zero-order valence-corrected chi connectivity index (χ0v) is 31.1. The van der Waals surface area contributed by atoms with Crippen molar-refractivity contribution in [3.63, 3.8) is 0 Å². The van der Waals surface area contributed by atoms with E-state index in [9.17, 15) is 24.3 Å². The van der Waals surface area contributed by atoms with Gasteiger partial charge in [-0.3, -0.25) is 24.1 Å². The molecule has 2 heterocycles. The number of nitrogens with one attached hydrogen (secondary N) is 2. The molecule has 1 aromatic heterocycles. The molecule has 0 radical (unpaired) electrons. The molecule has 3 rings (SSSR count). The summed E-state index contributed by atoms with van der Waals surface area (Å²) in [4.78, 5) is 62.0. The average Bonchev–Trinajstić information content (AvgIpc) is 3.58. The molecule has 1 saturated heterocycles. The third-order valence-corrected chi connectivity index (χ3v) is 10.4. The van der Waals surface area contributed by atoms with Gasteiger partial charge >= 0.3 is 5.97 Å². The fourth-order valence-corrected chi connectivity index (χ4v) is 7.27. The van der Waals surface area contributed by atoms with Gasteiger partial charge in [0, 0.05) is 31.3 Å². The summed E-state index contributed by atoms with van der Waals surface area (Å²) in [5, 5.41) is 18.0. The van der Waals surface area contributed by atoms with Crippen molar-refractivity contribution in [3.05, 3.63) is 52.0 Å². The van der Waals surface area contributed by atoms with Gasteiger partial charge in [-0.05, 0) is 56.7 Å². The molecule has 11 nitrogen and oxygen atoms in total. The lowest BCUT2D eigenvalue weighted by Gasteiger charge is -2.40. The standard InChI is InChI=1S/C37H57N5O6S/c1-8-18-42(37(47)33(25(5)9-2)40-35(46)30-17-13-14-19-41(30)7)31(24(3)4)21-32(48-26(6)44)36-39-29(23-49-36)34(45)38-28(22-43)20-27-15-11-10-12-16-27/h10-12,15-16,23-25,28,30-33,43H,8-9,13-14,17-22H2,1-7H3,(H,38,45)(H,40,46)/t25-,28-,30+,31+,32+,33-/m0/s1. The quantitative estimate of drug-likeness (QED) is 0.190. The van der Waals surface area contributed by atoms with Gasteiger partial charge in [-0.25, -0.2) is 4.98 Å². The van der Waals surface area contributed by atoms with Gasteiger partial charge in [0.05, 0.1) is 18.7 Å². The zero-order chi connectivity index (χ0) is 36.1. The van der Waals surface area contributed by atoms with Gasteiger partial charge in [0.25, 0.3) is 5.91 Å². The molecule has 1 fully saturated rings. The van der Waals surface area contributed by atoms with Crippen LogP contribution < -0.4 is 10.6 Å². The third kappa shape index (κ3) is 11.6. The topological polar surface area (TPSA) is 141 Å². The highest BCUT2D eigenvalue weighted by molar-refractivity contribution is 7.09. The number of aromatic nitrogens is 1. The Labute approximate surface area is 296 Å². The molecule has 3 amide bonds. The summed E-state index contributed by atoms with van der Waals surface area (Å²) in [5.41, 5.74) is 1.15. The summed E-state index contributed by atoms with van der Waals surface area (Å²) in [6, 6.07) is 7.80. The van der Waals surface area contributed by atoms with Crippen LogP contribution in [0.25, 0.3) is 0 Å². The molecule has 0 aliphatic carbocycles. The average molecular weight is 700 g/mol. The lowest BCUT2D eigenvalue weighted by Crippen LogP contribution is -2.58. The van der Waals surface area contributed by atoms with Crippen LogP contribution >= 0.6 is 11.3 Å². The Morgan fingerprint density at radius 2 is 1.82 bits per heavy atom. The van der Waals surface area contributed by atoms with E-state index < -0.39 is 30.1 Å². The molecule has 3 N–H and O–H groups in total. The first-order chi connectivity index (χ1) is 23.4. The van der Waals surface area contributed by atoms with Crippen LogP contribution in [0.3, 0.4) is 0 Å². The molecule has 1 aliphatic heterocycles. The molecule has 0 unspecified atom stereocenters. The third-order valence-electron chi connectivity index (χ3n) is 9.44. The minimum absolute atomic E-state index is 0.0163. The number of hydrogen-bond acceptors (Lipinski definition) is 9. The monoisotopic (exact) mass is 699 g/mol. The molecular formula is C37H57N5O6S. The number of nitrogens with zero attached hydrogens (tertiary/aromatic N) is 3. The number of aliphatic hydroxyl groups is 1. The van der Waals surface area contributed by atoms with Crippen molar-refractivity contribution in [1.29, 1.82) is 0 Å². The van der Waals surface area contributed by atoms with E-state index in [-0.39, 0.29) is 54.5 Å². The number of likely N-dealkylation sites (tertiary alicyclic amines) is 1. The van der Waals surface area contributed by atoms with Gasteiger partial charge in [0.1, 0.15) is 16.7 Å². The van der Waals surface area contributed by atoms with Crippen LogP contribution in [0.1, 0.15) is 107 Å². The maximum absolute atomic E-state index is 14.5. The maximum Gasteiger partial charge on any atom is 0.303 e. The number of carbonyl (C=O) groups is 4. The second-order valence-electron chi connectivity index (χ2n) is 13.7. The van der Waals surface area contributed by atoms with E-state index >= 15 is 0 Å². The number of benzene rings is 1. The molecule has 1 aliphatic rings. The van der Waals surface area contributed by atoms with Crippen molar-refractivity contribution in [2.24, 2.45) is 11.8 Å². The number of amides is 3. The van der Waals surface area contributed by atoms with Gasteiger partial charge < -0.3 is 25.4 Å². The van der Waals surface area contributed by atoms with Gasteiger partial charge in [-0.1, -0.05) is 77.8 Å². The first-order valence-corrected chi connectivity index (χ1v) is 18.7. The number of hydrogen-bond donors (Lipinski definition) is 3. The molecule has 12 heteroatoms. The van der Waals surface area contributed by atoms with E-state index in [1.807, 2.05) is 76.9 Å². The van der Waals surface area contributed by atoms with Crippen molar-refractivity contribution in [3.8, 4) is 0 Å². The molecule has 1 aromatic carbocycles. The number of esters is 1. The Morgan fingerprint density at radius 1 is 1.10 bits per heavy atom. The molecular weight excluding hydrogens is 643 g/mol. The van der Waals surface area contributed by atoms with Crippen LogP contribution in [0, 0.1) is 11.8 Å². The Bertz CT molecular complexity index is 1350. The smallest absolute Gasteiger partial charge is 0.303 e. The number of aliphatic hydroxyl groups excluding tert-OH is 1. The summed E-state index contributed by atoms with van der Waals surface area (Å²) in [6.07, 6.45) is 4.16. The van der Waals surface area contributed by atoms with Crippen LogP contribution in [-0.2, 0) is 25.5 Å². The van der Waals surface area contributed by atoms with Crippen LogP contribution in [0.5, 0.6) is 0 Å². The highest BCUT2D eigenvalue weighted by Crippen LogP contribution is 2.32. The molecule has 49 heavy (non-hydrogen) atoms. The fraction of sp³-hybridized carbons (Fsp3) is 0.649. The van der Waals surface area contributed by atoms with Crippen LogP contribution in [0.15, 0.2) is 35.7 Å². The lowest BCUT2D eigenvalue weighted by atomic mass is 9.92. The van der Waals surface area contributed by atoms with Crippen molar-refractivity contribution >= 4 is 35.0 Å². The van der Waals surface area contributed by atoms with Crippen molar-refractivity contribution in [2.45, 2.75) is 117 Å². The van der Waals surface area contributed by atoms with E-state index in [1.54, 1.807) is 5.38 Å². The van der Waals surface area contributed by atoms with E-state index in [4.69, 9.17) is 4.74 Å². The molecule has 0 saturated carbocycles. The molecule has 0 bridgehead atoms. The highest BCUT2D eigenvalue weighted by atomic mass is 32.1. The van der Waals surface area contributed by atoms with E-state index in [0.29, 0.717) is 30.8 Å². The number of piperidine rings is 1. The van der Waals surface area contributed by atoms with E-state index in [0.717, 1.165) is 31.4 Å². The number of thiazole rings is 1.